The number of aromatic nitrogens is 3. The number of H-pyrrole nitrogens is 1. The van der Waals surface area contributed by atoms with Crippen LogP contribution in [0.1, 0.15) is 59.1 Å². The van der Waals surface area contributed by atoms with Crippen molar-refractivity contribution in [3.8, 4) is 11.1 Å². The summed E-state index contributed by atoms with van der Waals surface area (Å²) in [4.78, 5) is 36.8. The molecule has 41 heavy (non-hydrogen) atoms. The summed E-state index contributed by atoms with van der Waals surface area (Å²) >= 11 is 0. The Hall–Kier alpha value is -4.17. The number of allylic oxidation sites excluding steroid dienone is 2. The van der Waals surface area contributed by atoms with Crippen molar-refractivity contribution < 1.29 is 4.79 Å². The number of carbonyl (C=O) groups is 1. The third-order valence-corrected chi connectivity index (χ3v) is 8.21. The number of fused-ring (bicyclic) bond motifs is 1. The van der Waals surface area contributed by atoms with Gasteiger partial charge in [-0.2, -0.15) is 0 Å². The molecule has 3 N–H and O–H groups in total. The van der Waals surface area contributed by atoms with Crippen LogP contribution in [0.3, 0.4) is 0 Å². The fraction of sp³-hybridized carbons (Fsp3) is 0.364. The molecule has 8 heteroatoms. The Morgan fingerprint density at radius 3 is 2.56 bits per heavy atom. The number of carbonyl (C=O) groups excluding carboxylic acids is 1. The molecule has 212 valence electrons. The zero-order valence-electron chi connectivity index (χ0n) is 24.1. The highest BCUT2D eigenvalue weighted by molar-refractivity contribution is 6.09. The van der Waals surface area contributed by atoms with Gasteiger partial charge in [0.1, 0.15) is 5.82 Å². The maximum Gasteiger partial charge on any atom is 0.253 e. The molecule has 0 spiro atoms. The molecule has 0 aliphatic carbocycles. The van der Waals surface area contributed by atoms with Crippen LogP contribution in [0.5, 0.6) is 0 Å². The zero-order chi connectivity index (χ0) is 28.5. The molecule has 4 aromatic rings. The van der Waals surface area contributed by atoms with E-state index in [1.165, 1.54) is 0 Å². The SMILES string of the molecule is Cc1cc2c(c(=O)[nH]1)CNC(=O)c1cc(-c3ccc(N4CCNCC4)nc3)cc3c1c(cn3C(C)C)CC=CCC2. The van der Waals surface area contributed by atoms with E-state index in [-0.39, 0.29) is 24.1 Å². The van der Waals surface area contributed by atoms with E-state index < -0.39 is 0 Å². The first-order valence-electron chi connectivity index (χ1n) is 14.6. The van der Waals surface area contributed by atoms with Gasteiger partial charge in [0, 0.05) is 84.4 Å². The van der Waals surface area contributed by atoms with E-state index in [4.69, 9.17) is 4.98 Å². The van der Waals surface area contributed by atoms with Crippen LogP contribution in [-0.2, 0) is 19.4 Å². The van der Waals surface area contributed by atoms with Crippen LogP contribution in [0.4, 0.5) is 5.82 Å². The Balaban J connectivity index is 1.45. The Morgan fingerprint density at radius 1 is 0.976 bits per heavy atom. The van der Waals surface area contributed by atoms with Gasteiger partial charge in [0.05, 0.1) is 0 Å². The first kappa shape index (κ1) is 27.0. The van der Waals surface area contributed by atoms with Gasteiger partial charge in [-0.1, -0.05) is 12.2 Å². The van der Waals surface area contributed by atoms with Crippen LogP contribution in [0, 0.1) is 6.92 Å². The van der Waals surface area contributed by atoms with Crippen LogP contribution in [0.2, 0.25) is 0 Å². The molecule has 5 heterocycles. The van der Waals surface area contributed by atoms with Crippen molar-refractivity contribution in [3.63, 3.8) is 0 Å². The van der Waals surface area contributed by atoms with Gasteiger partial charge in [-0.15, -0.1) is 0 Å². The van der Waals surface area contributed by atoms with Gasteiger partial charge in [-0.05, 0) is 87.1 Å². The van der Waals surface area contributed by atoms with Crippen molar-refractivity contribution in [2.24, 2.45) is 0 Å². The van der Waals surface area contributed by atoms with Gasteiger partial charge in [0.2, 0.25) is 0 Å². The molecule has 2 aliphatic heterocycles. The summed E-state index contributed by atoms with van der Waals surface area (Å²) in [5, 5.41) is 7.44. The quantitative estimate of drug-likeness (QED) is 0.323. The molecule has 2 aliphatic rings. The normalized spacial score (nSPS) is 16.2. The number of aromatic amines is 1. The lowest BCUT2D eigenvalue weighted by Gasteiger charge is -2.28. The van der Waals surface area contributed by atoms with Crippen LogP contribution in [0.15, 0.2) is 59.7 Å². The van der Waals surface area contributed by atoms with Crippen LogP contribution in [0.25, 0.3) is 22.0 Å². The number of aryl methyl sites for hydroxylation is 2. The summed E-state index contributed by atoms with van der Waals surface area (Å²) in [6.07, 6.45) is 10.8. The lowest BCUT2D eigenvalue weighted by Crippen LogP contribution is -2.43. The standard InChI is InChI=1S/C33H38N6O2/c1-21(2)39-20-25-8-6-4-5-7-23-15-22(3)37-33(41)28(23)19-36-32(40)27-16-26(17-29(39)31(25)27)24-9-10-30(35-18-24)38-13-11-34-12-14-38/h4,6,9-10,15-18,20-21,34H,5,7-8,11-14,19H2,1-3H3,(H,36,40)(H,37,41). The van der Waals surface area contributed by atoms with Gasteiger partial charge in [0.25, 0.3) is 11.5 Å². The van der Waals surface area contributed by atoms with Gasteiger partial charge in [-0.25, -0.2) is 4.98 Å². The second-order valence-electron chi connectivity index (χ2n) is 11.4. The minimum atomic E-state index is -0.181. The van der Waals surface area contributed by atoms with Crippen LogP contribution >= 0.6 is 0 Å². The molecule has 1 saturated heterocycles. The molecule has 1 aromatic carbocycles. The Labute approximate surface area is 240 Å². The third kappa shape index (κ3) is 5.44. The molecular formula is C33H38N6O2. The van der Waals surface area contributed by atoms with Crippen molar-refractivity contribution >= 4 is 22.6 Å². The van der Waals surface area contributed by atoms with Gasteiger partial charge >= 0.3 is 0 Å². The number of benzene rings is 1. The average Bonchev–Trinajstić information content (AvgIpc) is 3.35. The number of nitrogens with zero attached hydrogens (tertiary/aromatic N) is 3. The third-order valence-electron chi connectivity index (χ3n) is 8.21. The number of amides is 1. The van der Waals surface area contributed by atoms with Gasteiger partial charge < -0.3 is 25.1 Å². The van der Waals surface area contributed by atoms with E-state index >= 15 is 0 Å². The molecule has 1 amide bonds. The molecule has 6 rings (SSSR count). The van der Waals surface area contributed by atoms with Gasteiger partial charge in [0.15, 0.2) is 0 Å². The molecule has 8 nitrogen and oxygen atoms in total. The Bertz CT molecular complexity index is 1670. The Morgan fingerprint density at radius 2 is 1.80 bits per heavy atom. The highest BCUT2D eigenvalue weighted by Gasteiger charge is 2.21. The lowest BCUT2D eigenvalue weighted by molar-refractivity contribution is 0.0952. The highest BCUT2D eigenvalue weighted by Crippen LogP contribution is 2.34. The molecule has 0 saturated carbocycles. The average molecular weight is 551 g/mol. The number of rotatable bonds is 3. The van der Waals surface area contributed by atoms with E-state index in [1.54, 1.807) is 0 Å². The van der Waals surface area contributed by atoms with Crippen molar-refractivity contribution in [1.29, 1.82) is 0 Å². The number of hydrogen-bond donors (Lipinski definition) is 3. The number of nitrogens with one attached hydrogen (secondary N) is 3. The highest BCUT2D eigenvalue weighted by atomic mass is 16.1. The molecule has 0 atom stereocenters. The zero-order valence-corrected chi connectivity index (χ0v) is 24.1. The minimum absolute atomic E-state index is 0.139. The molecule has 0 unspecified atom stereocenters. The van der Waals surface area contributed by atoms with Crippen molar-refractivity contribution in [2.45, 2.75) is 52.6 Å². The fourth-order valence-corrected chi connectivity index (χ4v) is 6.07. The summed E-state index contributed by atoms with van der Waals surface area (Å²) in [5.74, 6) is 0.790. The number of piperazine rings is 1. The molecule has 0 bridgehead atoms. The second kappa shape index (κ2) is 11.4. The fourth-order valence-electron chi connectivity index (χ4n) is 6.07. The minimum Gasteiger partial charge on any atom is -0.354 e. The second-order valence-corrected chi connectivity index (χ2v) is 11.4. The predicted molar refractivity (Wildman–Crippen MR) is 165 cm³/mol. The van der Waals surface area contributed by atoms with E-state index in [0.717, 1.165) is 90.1 Å². The summed E-state index contributed by atoms with van der Waals surface area (Å²) in [6, 6.07) is 10.6. The summed E-state index contributed by atoms with van der Waals surface area (Å²) in [6.45, 7) is 10.2. The molecular weight excluding hydrogens is 512 g/mol. The largest absolute Gasteiger partial charge is 0.354 e. The number of hydrogen-bond acceptors (Lipinski definition) is 5. The van der Waals surface area contributed by atoms with Crippen molar-refractivity contribution in [1.82, 2.24) is 25.2 Å². The summed E-state index contributed by atoms with van der Waals surface area (Å²) in [7, 11) is 0. The van der Waals surface area contributed by atoms with Crippen LogP contribution in [-0.4, -0.2) is 46.6 Å². The van der Waals surface area contributed by atoms with Crippen LogP contribution < -0.4 is 21.1 Å². The molecule has 0 radical (unpaired) electrons. The predicted octanol–water partition coefficient (Wildman–Crippen LogP) is 4.67. The van der Waals surface area contributed by atoms with E-state index in [2.05, 4.69) is 75.5 Å². The molecule has 3 aromatic heterocycles. The number of anilines is 1. The van der Waals surface area contributed by atoms with E-state index in [1.807, 2.05) is 25.3 Å². The maximum atomic E-state index is 13.9. The summed E-state index contributed by atoms with van der Waals surface area (Å²) in [5.41, 5.74) is 6.98. The van der Waals surface area contributed by atoms with Crippen molar-refractivity contribution in [3.05, 3.63) is 93.2 Å². The summed E-state index contributed by atoms with van der Waals surface area (Å²) < 4.78 is 2.26. The lowest BCUT2D eigenvalue weighted by atomic mass is 9.97. The monoisotopic (exact) mass is 550 g/mol. The van der Waals surface area contributed by atoms with Crippen molar-refractivity contribution in [2.75, 3.05) is 31.1 Å². The van der Waals surface area contributed by atoms with E-state index in [0.29, 0.717) is 11.1 Å². The first-order valence-corrected chi connectivity index (χ1v) is 14.6. The first-order chi connectivity index (χ1) is 19.9. The Kier molecular flexibility index (Phi) is 7.49. The smallest absolute Gasteiger partial charge is 0.253 e. The maximum absolute atomic E-state index is 13.9. The van der Waals surface area contributed by atoms with Gasteiger partial charge in [-0.3, -0.25) is 9.59 Å². The topological polar surface area (TPSA) is 95.1 Å². The molecule has 1 fully saturated rings. The van der Waals surface area contributed by atoms with E-state index in [9.17, 15) is 9.59 Å². The number of pyridine rings is 2.